The fourth-order valence-electron chi connectivity index (χ4n) is 5.63. The summed E-state index contributed by atoms with van der Waals surface area (Å²) in [6.07, 6.45) is 18.0. The fourth-order valence-corrected chi connectivity index (χ4v) is 6.95. The average molecular weight is 646 g/mol. The number of unbranched alkanes of at least 4 members (excludes halogenated alkanes) is 13. The Bertz CT molecular complexity index is 1290. The molecule has 0 aliphatic carbocycles. The van der Waals surface area contributed by atoms with Crippen molar-refractivity contribution in [3.63, 3.8) is 0 Å². The fraction of sp³-hybridized carbons (Fsp3) is 0.629. The van der Waals surface area contributed by atoms with E-state index in [0.717, 1.165) is 18.4 Å². The predicted molar refractivity (Wildman–Crippen MR) is 183 cm³/mol. The number of nitrogens with one attached hydrogen (secondary N) is 1. The van der Waals surface area contributed by atoms with Gasteiger partial charge in [0.05, 0.1) is 31.2 Å². The van der Waals surface area contributed by atoms with E-state index >= 15 is 0 Å². The van der Waals surface area contributed by atoms with Gasteiger partial charge in [-0.1, -0.05) is 90.4 Å². The number of carbonyl (C=O) groups excluding carboxylic acids is 1. The number of hydrogen-bond donors (Lipinski definition) is 2. The molecule has 0 atom stereocenters. The normalized spacial score (nSPS) is 13.5. The Morgan fingerprint density at radius 2 is 1.44 bits per heavy atom. The number of nitrogens with zero attached hydrogens (tertiary/aromatic N) is 1. The van der Waals surface area contributed by atoms with Crippen molar-refractivity contribution in [3.05, 3.63) is 35.9 Å². The van der Waals surface area contributed by atoms with Gasteiger partial charge >= 0.3 is 5.97 Å². The van der Waals surface area contributed by atoms with Crippen molar-refractivity contribution < 1.29 is 27.4 Å². The summed E-state index contributed by atoms with van der Waals surface area (Å²) < 4.78 is 47.1. The van der Waals surface area contributed by atoms with Crippen molar-refractivity contribution >= 4 is 33.1 Å². The number of nitrogens with two attached hydrogens (primary N) is 1. The van der Waals surface area contributed by atoms with E-state index in [9.17, 15) is 13.2 Å². The van der Waals surface area contributed by atoms with E-state index in [4.69, 9.17) is 19.9 Å². The number of ether oxygens (including phenoxy) is 3. The number of hydrogen-bond acceptors (Lipinski definition) is 8. The van der Waals surface area contributed by atoms with Gasteiger partial charge in [-0.3, -0.25) is 9.52 Å². The third-order valence-corrected chi connectivity index (χ3v) is 9.55. The van der Waals surface area contributed by atoms with E-state index in [-0.39, 0.29) is 16.3 Å². The van der Waals surface area contributed by atoms with E-state index in [2.05, 4.69) is 11.6 Å². The van der Waals surface area contributed by atoms with Crippen LogP contribution in [0.25, 0.3) is 0 Å². The van der Waals surface area contributed by atoms with Crippen LogP contribution in [0.2, 0.25) is 0 Å². The molecule has 0 bridgehead atoms. The molecule has 0 aromatic heterocycles. The molecule has 3 N–H and O–H groups in total. The molecule has 1 fully saturated rings. The number of benzene rings is 2. The maximum atomic E-state index is 13.8. The molecule has 9 nitrogen and oxygen atoms in total. The first kappa shape index (κ1) is 36.5. The van der Waals surface area contributed by atoms with Crippen molar-refractivity contribution in [3.8, 4) is 11.5 Å². The van der Waals surface area contributed by atoms with Crippen LogP contribution in [0, 0.1) is 6.92 Å². The Morgan fingerprint density at radius 3 is 2.02 bits per heavy atom. The summed E-state index contributed by atoms with van der Waals surface area (Å²) in [5, 5.41) is 0. The number of rotatable bonds is 21. The van der Waals surface area contributed by atoms with Gasteiger partial charge in [-0.2, -0.15) is 0 Å². The van der Waals surface area contributed by atoms with Crippen molar-refractivity contribution in [1.82, 2.24) is 0 Å². The molecule has 1 saturated heterocycles. The van der Waals surface area contributed by atoms with Crippen LogP contribution in [0.5, 0.6) is 11.5 Å². The van der Waals surface area contributed by atoms with Crippen LogP contribution in [0.1, 0.15) is 109 Å². The summed E-state index contributed by atoms with van der Waals surface area (Å²) in [5.41, 5.74) is 7.75. The van der Waals surface area contributed by atoms with Crippen LogP contribution in [0.4, 0.5) is 17.1 Å². The zero-order valence-electron chi connectivity index (χ0n) is 27.7. The summed E-state index contributed by atoms with van der Waals surface area (Å²) >= 11 is 0. The van der Waals surface area contributed by atoms with E-state index in [1.54, 1.807) is 24.3 Å². The lowest BCUT2D eigenvalue weighted by molar-refractivity contribution is -0.131. The molecule has 0 saturated carbocycles. The standard InChI is InChI=1S/C35H55N3O6S/c1-4-5-6-7-8-9-10-11-12-13-14-15-16-17-22-43-33-27-31(34(25-28(33)2)44-29(3)39)37-45(40,41)35-26-30(36)18-19-32(35)38-20-23-42-24-21-38/h18-19,25-27,37H,4-17,20-24,36H2,1-3H3. The molecule has 0 spiro atoms. The second-order valence-corrected chi connectivity index (χ2v) is 13.7. The van der Waals surface area contributed by atoms with Gasteiger partial charge in [0, 0.05) is 31.8 Å². The van der Waals surface area contributed by atoms with Crippen molar-refractivity contribution in [2.45, 2.75) is 116 Å². The number of carbonyl (C=O) groups is 1. The Hall–Kier alpha value is -2.98. The molecule has 252 valence electrons. The molecular formula is C35H55N3O6S. The monoisotopic (exact) mass is 645 g/mol. The van der Waals surface area contributed by atoms with Crippen LogP contribution < -0.4 is 24.8 Å². The van der Waals surface area contributed by atoms with Gasteiger partial charge in [-0.15, -0.1) is 0 Å². The molecule has 0 amide bonds. The zero-order valence-corrected chi connectivity index (χ0v) is 28.5. The smallest absolute Gasteiger partial charge is 0.308 e. The first-order chi connectivity index (χ1) is 21.7. The van der Waals surface area contributed by atoms with Crippen LogP contribution in [0.3, 0.4) is 0 Å². The van der Waals surface area contributed by atoms with Gasteiger partial charge in [0.25, 0.3) is 10.0 Å². The molecule has 1 aliphatic heterocycles. The Labute approximate surface area is 271 Å². The summed E-state index contributed by atoms with van der Waals surface area (Å²) in [7, 11) is -4.11. The highest BCUT2D eigenvalue weighted by Crippen LogP contribution is 2.36. The van der Waals surface area contributed by atoms with Gasteiger partial charge in [0.2, 0.25) is 0 Å². The minimum atomic E-state index is -4.11. The van der Waals surface area contributed by atoms with Gasteiger partial charge in [-0.25, -0.2) is 8.42 Å². The van der Waals surface area contributed by atoms with Gasteiger partial charge in [0.15, 0.2) is 5.75 Å². The predicted octanol–water partition coefficient (Wildman–Crippen LogP) is 8.00. The first-order valence-corrected chi connectivity index (χ1v) is 18.4. The highest BCUT2D eigenvalue weighted by molar-refractivity contribution is 7.93. The third kappa shape index (κ3) is 12.7. The van der Waals surface area contributed by atoms with Crippen molar-refractivity contribution in [2.24, 2.45) is 0 Å². The minimum Gasteiger partial charge on any atom is -0.493 e. The van der Waals surface area contributed by atoms with Gasteiger partial charge in [0.1, 0.15) is 10.6 Å². The molecule has 0 radical (unpaired) electrons. The van der Waals surface area contributed by atoms with Gasteiger partial charge in [-0.05, 0) is 43.2 Å². The molecule has 1 aliphatic rings. The number of esters is 1. The maximum Gasteiger partial charge on any atom is 0.308 e. The Balaban J connectivity index is 1.53. The highest BCUT2D eigenvalue weighted by Gasteiger charge is 2.26. The lowest BCUT2D eigenvalue weighted by Crippen LogP contribution is -2.37. The van der Waals surface area contributed by atoms with Gasteiger partial charge < -0.3 is 24.8 Å². The Morgan fingerprint density at radius 1 is 0.867 bits per heavy atom. The number of aryl methyl sites for hydroxylation is 1. The summed E-state index contributed by atoms with van der Waals surface area (Å²) in [5.74, 6) is 0.104. The van der Waals surface area contributed by atoms with Crippen LogP contribution >= 0.6 is 0 Å². The third-order valence-electron chi connectivity index (χ3n) is 8.16. The molecule has 2 aromatic carbocycles. The number of sulfonamides is 1. The second-order valence-electron chi connectivity index (χ2n) is 12.1. The molecule has 45 heavy (non-hydrogen) atoms. The van der Waals surface area contributed by atoms with Crippen LogP contribution in [0.15, 0.2) is 35.2 Å². The SMILES string of the molecule is CCCCCCCCCCCCCCCCOc1cc(NS(=O)(=O)c2cc(N)ccc2N2CCOCC2)c(OC(C)=O)cc1C. The average Bonchev–Trinajstić information content (AvgIpc) is 3.01. The second kappa shape index (κ2) is 19.5. The molecule has 2 aromatic rings. The van der Waals surface area contributed by atoms with Crippen LogP contribution in [-0.2, 0) is 19.6 Å². The molecule has 3 rings (SSSR count). The molecule has 0 unspecified atom stereocenters. The largest absolute Gasteiger partial charge is 0.493 e. The molecule has 10 heteroatoms. The van der Waals surface area contributed by atoms with Crippen molar-refractivity contribution in [1.29, 1.82) is 0 Å². The summed E-state index contributed by atoms with van der Waals surface area (Å²) in [4.78, 5) is 13.9. The van der Waals surface area contributed by atoms with E-state index in [1.165, 1.54) is 90.0 Å². The van der Waals surface area contributed by atoms with E-state index in [1.807, 2.05) is 11.8 Å². The number of morpholine rings is 1. The van der Waals surface area contributed by atoms with Crippen molar-refractivity contribution in [2.75, 3.05) is 48.3 Å². The van der Waals surface area contributed by atoms with Crippen LogP contribution in [-0.4, -0.2) is 47.3 Å². The summed E-state index contributed by atoms with van der Waals surface area (Å²) in [6.45, 7) is 8.05. The quantitative estimate of drug-likeness (QED) is 0.0607. The number of anilines is 3. The van der Waals surface area contributed by atoms with E-state index in [0.29, 0.717) is 50.0 Å². The molecular weight excluding hydrogens is 590 g/mol. The maximum absolute atomic E-state index is 13.8. The summed E-state index contributed by atoms with van der Waals surface area (Å²) in [6, 6.07) is 8.06. The minimum absolute atomic E-state index is 0.0450. The van der Waals surface area contributed by atoms with E-state index < -0.39 is 16.0 Å². The first-order valence-electron chi connectivity index (χ1n) is 16.9. The number of nitrogen functional groups attached to an aromatic ring is 1. The highest BCUT2D eigenvalue weighted by atomic mass is 32.2. The zero-order chi connectivity index (χ0) is 32.5. The Kier molecular flexibility index (Phi) is 15.8. The lowest BCUT2D eigenvalue weighted by atomic mass is 10.0. The molecule has 1 heterocycles. The topological polar surface area (TPSA) is 120 Å². The lowest BCUT2D eigenvalue weighted by Gasteiger charge is -2.30.